The van der Waals surface area contributed by atoms with E-state index in [1.54, 1.807) is 9.36 Å². The molecular weight excluding hydrogens is 693 g/mol. The molecule has 6 aromatic rings. The Kier molecular flexibility index (Phi) is 8.96. The summed E-state index contributed by atoms with van der Waals surface area (Å²) in [5.74, 6) is 4.42. The Hall–Kier alpha value is -6.35. The largest absolute Gasteiger partial charge is 0.469 e. The molecule has 3 aliphatic carbocycles. The minimum atomic E-state index is -0.756. The topological polar surface area (TPSA) is 130 Å². The zero-order valence-corrected chi connectivity index (χ0v) is 32.2. The predicted octanol–water partition coefficient (Wildman–Crippen LogP) is 6.05. The lowest BCUT2D eigenvalue weighted by Crippen LogP contribution is -2.47. The molecular formula is C43H42N8O4. The van der Waals surface area contributed by atoms with Crippen LogP contribution in [0.3, 0.4) is 0 Å². The summed E-state index contributed by atoms with van der Waals surface area (Å²) in [4.78, 5) is 43.8. The van der Waals surface area contributed by atoms with Crippen molar-refractivity contribution in [3.8, 4) is 23.7 Å². The van der Waals surface area contributed by atoms with E-state index in [1.807, 2.05) is 58.0 Å². The monoisotopic (exact) mass is 734 g/mol. The van der Waals surface area contributed by atoms with E-state index in [9.17, 15) is 9.59 Å². The van der Waals surface area contributed by atoms with Gasteiger partial charge in [0, 0.05) is 53.0 Å². The highest BCUT2D eigenvalue weighted by Gasteiger charge is 2.56. The van der Waals surface area contributed by atoms with Gasteiger partial charge in [0.15, 0.2) is 0 Å². The van der Waals surface area contributed by atoms with Gasteiger partial charge >= 0.3 is 11.9 Å². The first-order chi connectivity index (χ1) is 26.6. The molecule has 0 spiro atoms. The van der Waals surface area contributed by atoms with Gasteiger partial charge in [0.05, 0.1) is 37.4 Å². The average molecular weight is 735 g/mol. The third kappa shape index (κ3) is 5.82. The van der Waals surface area contributed by atoms with E-state index in [1.165, 1.54) is 14.2 Å². The first-order valence-electron chi connectivity index (χ1n) is 18.5. The van der Waals surface area contributed by atoms with Crippen molar-refractivity contribution >= 4 is 28.4 Å². The van der Waals surface area contributed by atoms with Gasteiger partial charge in [-0.25, -0.2) is 9.36 Å². The van der Waals surface area contributed by atoms with Crippen molar-refractivity contribution < 1.29 is 19.1 Å². The molecule has 2 bridgehead atoms. The number of aryl methyl sites for hydroxylation is 4. The lowest BCUT2D eigenvalue weighted by Gasteiger charge is -2.48. The van der Waals surface area contributed by atoms with Crippen molar-refractivity contribution in [2.24, 2.45) is 11.8 Å². The van der Waals surface area contributed by atoms with E-state index in [4.69, 9.17) is 24.4 Å². The SMILES string of the molecule is CCN(CC)c1ccc(C#Cc2nc(-n3nc(C)cc3C)nc(-n3nc(C)cc3C)n2)c2cc3c(cc12)C1c2ccccc2C3C(C(=O)OC)C1C(=O)OC. The molecule has 9 rings (SSSR count). The second-order valence-electron chi connectivity index (χ2n) is 14.2. The number of esters is 2. The summed E-state index contributed by atoms with van der Waals surface area (Å²) >= 11 is 0. The highest BCUT2D eigenvalue weighted by Crippen LogP contribution is 2.59. The van der Waals surface area contributed by atoms with E-state index in [2.05, 4.69) is 71.1 Å². The first kappa shape index (κ1) is 35.7. The maximum atomic E-state index is 13.6. The summed E-state index contributed by atoms with van der Waals surface area (Å²) < 4.78 is 14.1. The van der Waals surface area contributed by atoms with Crippen LogP contribution in [0.25, 0.3) is 22.7 Å². The maximum absolute atomic E-state index is 13.6. The molecule has 12 heteroatoms. The Labute approximate surface area is 319 Å². The second-order valence-corrected chi connectivity index (χ2v) is 14.2. The van der Waals surface area contributed by atoms with Crippen LogP contribution in [0.1, 0.15) is 82.1 Å². The summed E-state index contributed by atoms with van der Waals surface area (Å²) in [6, 6.07) is 20.5. The number of rotatable bonds is 7. The van der Waals surface area contributed by atoms with Crippen LogP contribution in [0.15, 0.2) is 60.7 Å². The van der Waals surface area contributed by atoms with Gasteiger partial charge < -0.3 is 14.4 Å². The molecule has 55 heavy (non-hydrogen) atoms. The minimum Gasteiger partial charge on any atom is -0.469 e. The van der Waals surface area contributed by atoms with Crippen molar-refractivity contribution in [1.82, 2.24) is 34.5 Å². The highest BCUT2D eigenvalue weighted by molar-refractivity contribution is 6.00. The molecule has 0 saturated carbocycles. The summed E-state index contributed by atoms with van der Waals surface area (Å²) in [5.41, 5.74) is 9.28. The highest BCUT2D eigenvalue weighted by atomic mass is 16.5. The predicted molar refractivity (Wildman–Crippen MR) is 208 cm³/mol. The number of hydrogen-bond donors (Lipinski definition) is 0. The Morgan fingerprint density at radius 3 is 1.64 bits per heavy atom. The third-order valence-corrected chi connectivity index (χ3v) is 11.0. The van der Waals surface area contributed by atoms with Crippen LogP contribution in [0.5, 0.6) is 0 Å². The lowest BCUT2D eigenvalue weighted by molar-refractivity contribution is -0.160. The Bertz CT molecular complexity index is 2530. The van der Waals surface area contributed by atoms with Crippen LogP contribution in [-0.2, 0) is 19.1 Å². The molecule has 0 saturated heterocycles. The molecule has 3 heterocycles. The van der Waals surface area contributed by atoms with E-state index in [0.717, 1.165) is 80.1 Å². The van der Waals surface area contributed by atoms with Crippen LogP contribution in [0, 0.1) is 51.4 Å². The summed E-state index contributed by atoms with van der Waals surface area (Å²) in [6.07, 6.45) is 0. The second kappa shape index (κ2) is 13.8. The Morgan fingerprint density at radius 1 is 0.673 bits per heavy atom. The number of carbonyl (C=O) groups is 2. The zero-order valence-electron chi connectivity index (χ0n) is 32.2. The number of aromatic nitrogens is 7. The van der Waals surface area contributed by atoms with Gasteiger partial charge in [0.25, 0.3) is 11.9 Å². The van der Waals surface area contributed by atoms with Crippen molar-refractivity contribution in [3.63, 3.8) is 0 Å². The van der Waals surface area contributed by atoms with Crippen molar-refractivity contribution in [2.75, 3.05) is 32.2 Å². The van der Waals surface area contributed by atoms with E-state index < -0.39 is 35.6 Å². The quantitative estimate of drug-likeness (QED) is 0.141. The maximum Gasteiger partial charge on any atom is 0.310 e. The van der Waals surface area contributed by atoms with Crippen LogP contribution in [0.4, 0.5) is 5.69 Å². The van der Waals surface area contributed by atoms with E-state index in [0.29, 0.717) is 11.9 Å². The van der Waals surface area contributed by atoms with Crippen LogP contribution < -0.4 is 4.90 Å². The Morgan fingerprint density at radius 2 is 1.18 bits per heavy atom. The summed E-state index contributed by atoms with van der Waals surface area (Å²) in [6.45, 7) is 13.6. The number of carbonyl (C=O) groups excluding carboxylic acids is 2. The number of ether oxygens (including phenoxy) is 2. The Balaban J connectivity index is 1.36. The molecule has 3 aliphatic rings. The molecule has 12 nitrogen and oxygen atoms in total. The van der Waals surface area contributed by atoms with Crippen molar-refractivity contribution in [2.45, 2.75) is 53.4 Å². The average Bonchev–Trinajstić information content (AvgIpc) is 3.73. The van der Waals surface area contributed by atoms with Crippen molar-refractivity contribution in [3.05, 3.63) is 117 Å². The number of methoxy groups -OCH3 is 2. The molecule has 0 amide bonds. The smallest absolute Gasteiger partial charge is 0.310 e. The van der Waals surface area contributed by atoms with Gasteiger partial charge in [0.2, 0.25) is 5.82 Å². The fourth-order valence-corrected chi connectivity index (χ4v) is 8.72. The molecule has 3 aromatic carbocycles. The summed E-state index contributed by atoms with van der Waals surface area (Å²) in [5, 5.41) is 11.2. The molecule has 0 aliphatic heterocycles. The number of benzene rings is 3. The lowest BCUT2D eigenvalue weighted by atomic mass is 9.54. The molecule has 0 N–H and O–H groups in total. The van der Waals surface area contributed by atoms with Gasteiger partial charge in [-0.1, -0.05) is 30.2 Å². The van der Waals surface area contributed by atoms with Crippen LogP contribution in [-0.4, -0.2) is 73.8 Å². The third-order valence-electron chi connectivity index (χ3n) is 11.0. The number of hydrogen-bond acceptors (Lipinski definition) is 10. The van der Waals surface area contributed by atoms with Crippen LogP contribution in [0.2, 0.25) is 0 Å². The molecule has 278 valence electrons. The number of nitrogens with zero attached hydrogens (tertiary/aromatic N) is 8. The van der Waals surface area contributed by atoms with Crippen molar-refractivity contribution in [1.29, 1.82) is 0 Å². The molecule has 4 atom stereocenters. The molecule has 3 aromatic heterocycles. The summed E-state index contributed by atoms with van der Waals surface area (Å²) in [7, 11) is 2.75. The zero-order chi connectivity index (χ0) is 38.7. The normalized spacial score (nSPS) is 18.0. The molecule has 0 fully saturated rings. The number of anilines is 1. The fourth-order valence-electron chi connectivity index (χ4n) is 8.72. The van der Waals surface area contributed by atoms with Gasteiger partial charge in [-0.3, -0.25) is 9.59 Å². The van der Waals surface area contributed by atoms with Gasteiger partial charge in [-0.15, -0.1) is 0 Å². The standard InChI is InChI=1S/C43H42N8O4/c1-9-49(10-2)34-17-15-27(16-18-35-44-42(50-25(5)19-23(3)47-50)46-43(45-35)51-26(6)20-24(4)48-51)30-21-32-33(22-31(30)34)37-29-14-12-11-13-28(29)36(32)38(40(52)54-7)39(37)41(53)55-8/h11-15,17,19-22,36-39H,9-10H2,1-8H3. The van der Waals surface area contributed by atoms with Gasteiger partial charge in [-0.2, -0.15) is 25.1 Å². The van der Waals surface area contributed by atoms with E-state index in [-0.39, 0.29) is 5.82 Å². The van der Waals surface area contributed by atoms with Crippen LogP contribution >= 0.6 is 0 Å². The minimum absolute atomic E-state index is 0.263. The van der Waals surface area contributed by atoms with Gasteiger partial charge in [-0.05, 0) is 112 Å². The molecule has 4 unspecified atom stereocenters. The fraction of sp³-hybridized carbons (Fsp3) is 0.326. The molecule has 0 radical (unpaired) electrons. The number of fused-ring (bicyclic) bond motifs is 2. The first-order valence-corrected chi connectivity index (χ1v) is 18.5. The van der Waals surface area contributed by atoms with Gasteiger partial charge in [0.1, 0.15) is 0 Å². The van der Waals surface area contributed by atoms with E-state index >= 15 is 0 Å².